The molecule has 0 fully saturated rings. The van der Waals surface area contributed by atoms with Crippen molar-refractivity contribution in [3.05, 3.63) is 69.1 Å². The lowest BCUT2D eigenvalue weighted by Crippen LogP contribution is -2.15. The summed E-state index contributed by atoms with van der Waals surface area (Å²) in [4.78, 5) is 16.5. The van der Waals surface area contributed by atoms with E-state index in [2.05, 4.69) is 15.2 Å². The van der Waals surface area contributed by atoms with Gasteiger partial charge in [0.1, 0.15) is 0 Å². The van der Waals surface area contributed by atoms with Gasteiger partial charge in [0.15, 0.2) is 5.65 Å². The maximum atomic E-state index is 12.0. The van der Waals surface area contributed by atoms with E-state index < -0.39 is 5.69 Å². The Morgan fingerprint density at radius 3 is 2.08 bits per heavy atom. The zero-order chi connectivity index (χ0) is 17.6. The van der Waals surface area contributed by atoms with Crippen molar-refractivity contribution in [2.75, 3.05) is 5.73 Å². The maximum Gasteiger partial charge on any atom is 0.350 e. The van der Waals surface area contributed by atoms with E-state index in [0.717, 1.165) is 11.1 Å². The van der Waals surface area contributed by atoms with Crippen LogP contribution in [0.25, 0.3) is 28.0 Å². The van der Waals surface area contributed by atoms with Gasteiger partial charge in [-0.25, -0.2) is 19.3 Å². The molecule has 0 aliphatic rings. The molecule has 25 heavy (non-hydrogen) atoms. The van der Waals surface area contributed by atoms with Crippen molar-refractivity contribution in [1.82, 2.24) is 19.6 Å². The van der Waals surface area contributed by atoms with Crippen molar-refractivity contribution in [3.63, 3.8) is 0 Å². The third-order valence-electron chi connectivity index (χ3n) is 3.84. The minimum Gasteiger partial charge on any atom is -0.369 e. The van der Waals surface area contributed by atoms with Crippen molar-refractivity contribution in [3.8, 4) is 22.4 Å². The number of nitrogens with one attached hydrogen (secondary N) is 1. The molecule has 8 heteroatoms. The van der Waals surface area contributed by atoms with Gasteiger partial charge in [0, 0.05) is 15.6 Å². The number of H-pyrrole nitrogens is 1. The average Bonchev–Trinajstić information content (AvgIpc) is 2.99. The highest BCUT2D eigenvalue weighted by molar-refractivity contribution is 6.31. The van der Waals surface area contributed by atoms with E-state index in [-0.39, 0.29) is 5.95 Å². The van der Waals surface area contributed by atoms with Gasteiger partial charge in [-0.1, -0.05) is 47.5 Å². The van der Waals surface area contributed by atoms with Crippen LogP contribution in [0, 0.1) is 0 Å². The number of fused-ring (bicyclic) bond motifs is 1. The first kappa shape index (κ1) is 15.7. The Morgan fingerprint density at radius 1 is 0.920 bits per heavy atom. The SMILES string of the molecule is Nc1nc(-c2ccc(Cl)cc2)c(-c2ccc(Cl)cc2)c2n[nH]c(=O)n12. The van der Waals surface area contributed by atoms with E-state index in [0.29, 0.717) is 26.9 Å². The van der Waals surface area contributed by atoms with Crippen molar-refractivity contribution in [2.45, 2.75) is 0 Å². The van der Waals surface area contributed by atoms with Gasteiger partial charge in [-0.3, -0.25) is 0 Å². The normalized spacial score (nSPS) is 11.1. The van der Waals surface area contributed by atoms with Crippen molar-refractivity contribution < 1.29 is 0 Å². The fourth-order valence-electron chi connectivity index (χ4n) is 2.70. The number of hydrogen-bond donors (Lipinski definition) is 2. The van der Waals surface area contributed by atoms with Crippen LogP contribution in [0.4, 0.5) is 5.95 Å². The molecule has 6 nitrogen and oxygen atoms in total. The Hall–Kier alpha value is -2.83. The highest BCUT2D eigenvalue weighted by atomic mass is 35.5. The van der Waals surface area contributed by atoms with E-state index in [9.17, 15) is 4.79 Å². The quantitative estimate of drug-likeness (QED) is 0.562. The van der Waals surface area contributed by atoms with Crippen LogP contribution >= 0.6 is 23.2 Å². The molecule has 124 valence electrons. The van der Waals surface area contributed by atoms with Crippen molar-refractivity contribution in [1.29, 1.82) is 0 Å². The lowest BCUT2D eigenvalue weighted by molar-refractivity contribution is 1.01. The molecule has 0 saturated carbocycles. The summed E-state index contributed by atoms with van der Waals surface area (Å²) < 4.78 is 1.24. The Bertz CT molecular complexity index is 1130. The molecule has 0 saturated heterocycles. The van der Waals surface area contributed by atoms with Gasteiger partial charge >= 0.3 is 5.69 Å². The fraction of sp³-hybridized carbons (Fsp3) is 0. The first-order valence-corrected chi connectivity index (χ1v) is 8.08. The molecule has 0 unspecified atom stereocenters. The van der Waals surface area contributed by atoms with Crippen LogP contribution in [-0.2, 0) is 0 Å². The van der Waals surface area contributed by atoms with Crippen molar-refractivity contribution >= 4 is 34.8 Å². The molecular formula is C17H11Cl2N5O. The van der Waals surface area contributed by atoms with Crippen LogP contribution in [0.2, 0.25) is 10.0 Å². The Kier molecular flexibility index (Phi) is 3.71. The van der Waals surface area contributed by atoms with Gasteiger partial charge in [-0.2, -0.15) is 5.10 Å². The Labute approximate surface area is 151 Å². The molecule has 0 amide bonds. The largest absolute Gasteiger partial charge is 0.369 e. The lowest BCUT2D eigenvalue weighted by atomic mass is 10.00. The monoisotopic (exact) mass is 371 g/mol. The first-order chi connectivity index (χ1) is 12.0. The van der Waals surface area contributed by atoms with Gasteiger partial charge in [-0.05, 0) is 29.8 Å². The van der Waals surface area contributed by atoms with Gasteiger partial charge in [0.05, 0.1) is 11.3 Å². The maximum absolute atomic E-state index is 12.0. The average molecular weight is 372 g/mol. The smallest absolute Gasteiger partial charge is 0.350 e. The van der Waals surface area contributed by atoms with Gasteiger partial charge < -0.3 is 5.73 Å². The molecule has 4 rings (SSSR count). The molecule has 0 radical (unpaired) electrons. The lowest BCUT2D eigenvalue weighted by Gasteiger charge is -2.12. The highest BCUT2D eigenvalue weighted by Gasteiger charge is 2.19. The van der Waals surface area contributed by atoms with E-state index in [1.165, 1.54) is 4.40 Å². The van der Waals surface area contributed by atoms with Crippen LogP contribution in [0.15, 0.2) is 53.3 Å². The predicted molar refractivity (Wildman–Crippen MR) is 98.9 cm³/mol. The highest BCUT2D eigenvalue weighted by Crippen LogP contribution is 2.34. The molecule has 3 N–H and O–H groups in total. The number of halogens is 2. The topological polar surface area (TPSA) is 89.1 Å². The van der Waals surface area contributed by atoms with Gasteiger partial charge in [0.25, 0.3) is 0 Å². The summed E-state index contributed by atoms with van der Waals surface area (Å²) >= 11 is 12.0. The van der Waals surface area contributed by atoms with E-state index in [4.69, 9.17) is 28.9 Å². The summed E-state index contributed by atoms with van der Waals surface area (Å²) in [6, 6.07) is 14.4. The fourth-order valence-corrected chi connectivity index (χ4v) is 2.95. The van der Waals surface area contributed by atoms with Crippen LogP contribution in [0.3, 0.4) is 0 Å². The van der Waals surface area contributed by atoms with Crippen molar-refractivity contribution in [2.24, 2.45) is 0 Å². The number of hydrogen-bond acceptors (Lipinski definition) is 4. The Morgan fingerprint density at radius 2 is 1.48 bits per heavy atom. The van der Waals surface area contributed by atoms with Gasteiger partial charge in [0.2, 0.25) is 5.95 Å². The van der Waals surface area contributed by atoms with Gasteiger partial charge in [-0.15, -0.1) is 0 Å². The minimum atomic E-state index is -0.446. The third kappa shape index (κ3) is 2.65. The Balaban J connectivity index is 2.11. The molecular weight excluding hydrogens is 361 g/mol. The number of nitrogen functional groups attached to an aromatic ring is 1. The predicted octanol–water partition coefficient (Wildman–Crippen LogP) is 3.64. The number of aromatic nitrogens is 4. The van der Waals surface area contributed by atoms with Crippen LogP contribution in [-0.4, -0.2) is 19.6 Å². The van der Waals surface area contributed by atoms with Crippen LogP contribution < -0.4 is 11.4 Å². The van der Waals surface area contributed by atoms with E-state index >= 15 is 0 Å². The molecule has 0 bridgehead atoms. The summed E-state index contributed by atoms with van der Waals surface area (Å²) in [6.45, 7) is 0. The first-order valence-electron chi connectivity index (χ1n) is 7.33. The summed E-state index contributed by atoms with van der Waals surface area (Å²) in [5.74, 6) is 0.0522. The van der Waals surface area contributed by atoms with Crippen LogP contribution in [0.5, 0.6) is 0 Å². The van der Waals surface area contributed by atoms with E-state index in [1.54, 1.807) is 24.3 Å². The summed E-state index contributed by atoms with van der Waals surface area (Å²) in [6.07, 6.45) is 0. The van der Waals surface area contributed by atoms with E-state index in [1.807, 2.05) is 24.3 Å². The molecule has 0 spiro atoms. The molecule has 0 atom stereocenters. The zero-order valence-corrected chi connectivity index (χ0v) is 14.2. The molecule has 2 heterocycles. The second-order valence-electron chi connectivity index (χ2n) is 5.40. The molecule has 4 aromatic rings. The molecule has 2 aromatic heterocycles. The standard InChI is InChI=1S/C17H11Cl2N5O/c18-11-5-1-9(2-6-11)13-14(10-3-7-12(19)8-4-10)21-16(20)24-15(13)22-23-17(24)25/h1-8H,(H2,20,21)(H,23,25). The summed E-state index contributed by atoms with van der Waals surface area (Å²) in [5.41, 5.74) is 8.82. The molecule has 2 aromatic carbocycles. The number of anilines is 1. The number of aromatic amines is 1. The number of benzene rings is 2. The molecule has 0 aliphatic carbocycles. The zero-order valence-electron chi connectivity index (χ0n) is 12.7. The van der Waals surface area contributed by atoms with Crippen LogP contribution in [0.1, 0.15) is 0 Å². The number of nitrogens with two attached hydrogens (primary N) is 1. The second-order valence-corrected chi connectivity index (χ2v) is 6.27. The summed E-state index contributed by atoms with van der Waals surface area (Å²) in [7, 11) is 0. The number of nitrogens with zero attached hydrogens (tertiary/aromatic N) is 3. The summed E-state index contributed by atoms with van der Waals surface area (Å²) in [5, 5.41) is 7.76. The second kappa shape index (κ2) is 5.91. The third-order valence-corrected chi connectivity index (χ3v) is 4.34. The minimum absolute atomic E-state index is 0.0522. The number of rotatable bonds is 2. The molecule has 0 aliphatic heterocycles.